The van der Waals surface area contributed by atoms with Gasteiger partial charge in [-0.05, 0) is 48.8 Å². The van der Waals surface area contributed by atoms with E-state index in [2.05, 4.69) is 26.8 Å². The Morgan fingerprint density at radius 1 is 1.37 bits per heavy atom. The molecular weight excluding hydrogens is 236 g/mol. The molecule has 0 heterocycles. The fourth-order valence-corrected chi connectivity index (χ4v) is 3.27. The van der Waals surface area contributed by atoms with Crippen LogP contribution in [0, 0.1) is 22.7 Å². The Kier molecular flexibility index (Phi) is 3.71. The van der Waals surface area contributed by atoms with Crippen molar-refractivity contribution in [1.29, 1.82) is 5.26 Å². The average molecular weight is 258 g/mol. The monoisotopic (exact) mass is 258 g/mol. The van der Waals surface area contributed by atoms with Crippen molar-refractivity contribution in [2.45, 2.75) is 46.1 Å². The van der Waals surface area contributed by atoms with Crippen LogP contribution >= 0.6 is 0 Å². The maximum absolute atomic E-state index is 9.14. The first-order valence-corrected chi connectivity index (χ1v) is 6.86. The summed E-state index contributed by atoms with van der Waals surface area (Å²) in [6.45, 7) is 6.84. The third kappa shape index (κ3) is 3.41. The van der Waals surface area contributed by atoms with Crippen molar-refractivity contribution in [2.24, 2.45) is 11.3 Å². The smallest absolute Gasteiger partial charge is 0.137 e. The first-order chi connectivity index (χ1) is 8.89. The minimum absolute atomic E-state index is 0.189. The highest BCUT2D eigenvalue weighted by atomic mass is 16.5. The average Bonchev–Trinajstić information content (AvgIpc) is 2.28. The van der Waals surface area contributed by atoms with Gasteiger partial charge in [-0.15, -0.1) is 0 Å². The van der Waals surface area contributed by atoms with Crippen LogP contribution in [-0.2, 0) is 0 Å². The number of nitrogen functional groups attached to an aromatic ring is 1. The molecule has 0 amide bonds. The number of nitrogens with zero attached hydrogens (tertiary/aromatic N) is 1. The van der Waals surface area contributed by atoms with Gasteiger partial charge in [-0.25, -0.2) is 0 Å². The van der Waals surface area contributed by atoms with E-state index in [1.807, 2.05) is 0 Å². The van der Waals surface area contributed by atoms with E-state index in [1.54, 1.807) is 18.2 Å². The molecule has 1 aliphatic carbocycles. The fraction of sp³-hybridized carbons (Fsp3) is 0.562. The largest absolute Gasteiger partial charge is 0.489 e. The molecule has 2 unspecified atom stereocenters. The van der Waals surface area contributed by atoms with Gasteiger partial charge in [-0.3, -0.25) is 0 Å². The molecule has 19 heavy (non-hydrogen) atoms. The first-order valence-electron chi connectivity index (χ1n) is 6.86. The Morgan fingerprint density at radius 2 is 2.11 bits per heavy atom. The standard InChI is InChI=1S/C16H22N2O/c1-11-6-14(9-16(2,3)8-11)19-15-5-4-13(18)7-12(15)10-17/h4-5,7,11,14H,6,8-9,18H2,1-3H3. The van der Waals surface area contributed by atoms with E-state index in [1.165, 1.54) is 6.42 Å². The van der Waals surface area contributed by atoms with Gasteiger partial charge >= 0.3 is 0 Å². The molecule has 0 saturated heterocycles. The molecule has 0 spiro atoms. The minimum Gasteiger partial charge on any atom is -0.489 e. The van der Waals surface area contributed by atoms with E-state index in [0.29, 0.717) is 28.3 Å². The predicted molar refractivity (Wildman–Crippen MR) is 76.8 cm³/mol. The van der Waals surface area contributed by atoms with Crippen LogP contribution in [0.5, 0.6) is 5.75 Å². The lowest BCUT2D eigenvalue weighted by molar-refractivity contribution is 0.0561. The van der Waals surface area contributed by atoms with Gasteiger partial charge in [0.15, 0.2) is 0 Å². The van der Waals surface area contributed by atoms with Crippen molar-refractivity contribution in [3.8, 4) is 11.8 Å². The van der Waals surface area contributed by atoms with Crippen molar-refractivity contribution in [1.82, 2.24) is 0 Å². The molecule has 0 bridgehead atoms. The lowest BCUT2D eigenvalue weighted by Crippen LogP contribution is -2.34. The van der Waals surface area contributed by atoms with Crippen molar-refractivity contribution < 1.29 is 4.74 Å². The summed E-state index contributed by atoms with van der Waals surface area (Å²) < 4.78 is 6.06. The zero-order valence-electron chi connectivity index (χ0n) is 11.9. The molecule has 1 aromatic rings. The zero-order valence-corrected chi connectivity index (χ0v) is 11.9. The molecule has 1 aliphatic rings. The van der Waals surface area contributed by atoms with Gasteiger partial charge in [-0.1, -0.05) is 20.8 Å². The molecule has 3 heteroatoms. The zero-order chi connectivity index (χ0) is 14.0. The Balaban J connectivity index is 2.15. The number of anilines is 1. The van der Waals surface area contributed by atoms with E-state index < -0.39 is 0 Å². The van der Waals surface area contributed by atoms with Gasteiger partial charge in [0.1, 0.15) is 11.8 Å². The summed E-state index contributed by atoms with van der Waals surface area (Å²) >= 11 is 0. The number of nitriles is 1. The highest BCUT2D eigenvalue weighted by molar-refractivity contribution is 5.53. The summed E-state index contributed by atoms with van der Waals surface area (Å²) in [5.41, 5.74) is 7.13. The molecule has 0 aromatic heterocycles. The Bertz CT molecular complexity index is 502. The van der Waals surface area contributed by atoms with Crippen LogP contribution in [0.15, 0.2) is 18.2 Å². The Hall–Kier alpha value is -1.69. The van der Waals surface area contributed by atoms with Gasteiger partial charge in [-0.2, -0.15) is 5.26 Å². The SMILES string of the molecule is CC1CC(Oc2ccc(N)cc2C#N)CC(C)(C)C1. The molecule has 1 aromatic carbocycles. The van der Waals surface area contributed by atoms with Crippen LogP contribution in [0.1, 0.15) is 45.6 Å². The highest BCUT2D eigenvalue weighted by Gasteiger charge is 2.33. The van der Waals surface area contributed by atoms with Crippen molar-refractivity contribution in [3.63, 3.8) is 0 Å². The summed E-state index contributed by atoms with van der Waals surface area (Å²) in [5.74, 6) is 1.32. The molecule has 2 N–H and O–H groups in total. The fourth-order valence-electron chi connectivity index (χ4n) is 3.27. The second-order valence-corrected chi connectivity index (χ2v) is 6.52. The number of hydrogen-bond acceptors (Lipinski definition) is 3. The molecule has 102 valence electrons. The van der Waals surface area contributed by atoms with Crippen LogP contribution in [0.25, 0.3) is 0 Å². The third-order valence-electron chi connectivity index (χ3n) is 3.76. The Morgan fingerprint density at radius 3 is 2.74 bits per heavy atom. The summed E-state index contributed by atoms with van der Waals surface area (Å²) in [6, 6.07) is 7.42. The molecular formula is C16H22N2O. The molecule has 2 atom stereocenters. The lowest BCUT2D eigenvalue weighted by atomic mass is 9.71. The minimum atomic E-state index is 0.189. The van der Waals surface area contributed by atoms with E-state index in [0.717, 1.165) is 12.8 Å². The van der Waals surface area contributed by atoms with Gasteiger partial charge in [0, 0.05) is 5.69 Å². The van der Waals surface area contributed by atoms with Crippen LogP contribution < -0.4 is 10.5 Å². The predicted octanol–water partition coefficient (Wildman–Crippen LogP) is 3.73. The molecule has 2 rings (SSSR count). The normalized spacial score (nSPS) is 25.6. The van der Waals surface area contributed by atoms with E-state index in [-0.39, 0.29) is 6.10 Å². The summed E-state index contributed by atoms with van der Waals surface area (Å²) in [6.07, 6.45) is 3.51. The molecule has 1 saturated carbocycles. The first kappa shape index (κ1) is 13.7. The lowest BCUT2D eigenvalue weighted by Gasteiger charge is -2.38. The maximum Gasteiger partial charge on any atom is 0.137 e. The summed E-state index contributed by atoms with van der Waals surface area (Å²) in [5, 5.41) is 9.14. The number of hydrogen-bond donors (Lipinski definition) is 1. The van der Waals surface area contributed by atoms with E-state index >= 15 is 0 Å². The third-order valence-corrected chi connectivity index (χ3v) is 3.76. The molecule has 3 nitrogen and oxygen atoms in total. The Labute approximate surface area is 115 Å². The topological polar surface area (TPSA) is 59.0 Å². The second-order valence-electron chi connectivity index (χ2n) is 6.52. The molecule has 0 radical (unpaired) electrons. The quantitative estimate of drug-likeness (QED) is 0.822. The van der Waals surface area contributed by atoms with Crippen LogP contribution in [0.3, 0.4) is 0 Å². The van der Waals surface area contributed by atoms with Crippen molar-refractivity contribution >= 4 is 5.69 Å². The van der Waals surface area contributed by atoms with Crippen LogP contribution in [0.2, 0.25) is 0 Å². The second kappa shape index (κ2) is 5.13. The van der Waals surface area contributed by atoms with Crippen LogP contribution in [0.4, 0.5) is 5.69 Å². The number of rotatable bonds is 2. The van der Waals surface area contributed by atoms with Crippen LogP contribution in [-0.4, -0.2) is 6.10 Å². The summed E-state index contributed by atoms with van der Waals surface area (Å²) in [7, 11) is 0. The molecule has 0 aliphatic heterocycles. The van der Waals surface area contributed by atoms with Gasteiger partial charge in [0.25, 0.3) is 0 Å². The molecule has 1 fully saturated rings. The van der Waals surface area contributed by atoms with E-state index in [9.17, 15) is 0 Å². The summed E-state index contributed by atoms with van der Waals surface area (Å²) in [4.78, 5) is 0. The number of benzene rings is 1. The van der Waals surface area contributed by atoms with Gasteiger partial charge in [0.05, 0.1) is 11.7 Å². The van der Waals surface area contributed by atoms with Gasteiger partial charge in [0.2, 0.25) is 0 Å². The van der Waals surface area contributed by atoms with Gasteiger partial charge < -0.3 is 10.5 Å². The van der Waals surface area contributed by atoms with E-state index in [4.69, 9.17) is 15.7 Å². The van der Waals surface area contributed by atoms with Crippen molar-refractivity contribution in [3.05, 3.63) is 23.8 Å². The maximum atomic E-state index is 9.14. The van der Waals surface area contributed by atoms with Crippen molar-refractivity contribution in [2.75, 3.05) is 5.73 Å². The highest BCUT2D eigenvalue weighted by Crippen LogP contribution is 2.40. The number of nitrogens with two attached hydrogens (primary N) is 1. The number of ether oxygens (including phenoxy) is 1.